The number of thioether (sulfide) groups is 1. The molecule has 1 aromatic heterocycles. The number of nitrogens with zero attached hydrogens (tertiary/aromatic N) is 1. The second-order valence-corrected chi connectivity index (χ2v) is 5.64. The number of hydrogen-bond donors (Lipinski definition) is 1. The molecule has 2 atom stereocenters. The predicted octanol–water partition coefficient (Wildman–Crippen LogP) is 2.55. The number of thiazole rings is 1. The van der Waals surface area contributed by atoms with Crippen molar-refractivity contribution in [3.8, 4) is 0 Å². The zero-order chi connectivity index (χ0) is 9.80. The van der Waals surface area contributed by atoms with Crippen molar-refractivity contribution in [1.29, 1.82) is 0 Å². The first-order chi connectivity index (χ1) is 6.86. The summed E-state index contributed by atoms with van der Waals surface area (Å²) >= 11 is 3.75. The van der Waals surface area contributed by atoms with E-state index < -0.39 is 0 Å². The molecule has 0 amide bonds. The highest BCUT2D eigenvalue weighted by Crippen LogP contribution is 2.23. The van der Waals surface area contributed by atoms with Gasteiger partial charge in [0, 0.05) is 11.4 Å². The lowest BCUT2D eigenvalue weighted by Crippen LogP contribution is -2.25. The first kappa shape index (κ1) is 10.5. The van der Waals surface area contributed by atoms with Crippen LogP contribution in [-0.2, 0) is 0 Å². The lowest BCUT2D eigenvalue weighted by Gasteiger charge is -2.14. The number of nitrogens with one attached hydrogen (secondary N) is 1. The van der Waals surface area contributed by atoms with Gasteiger partial charge in [0.15, 0.2) is 0 Å². The third-order valence-electron chi connectivity index (χ3n) is 2.63. The zero-order valence-corrected chi connectivity index (χ0v) is 10.0. The summed E-state index contributed by atoms with van der Waals surface area (Å²) in [7, 11) is 0. The molecule has 0 aromatic carbocycles. The Labute approximate surface area is 93.5 Å². The lowest BCUT2D eigenvalue weighted by molar-refractivity contribution is 0.473. The van der Waals surface area contributed by atoms with Crippen molar-refractivity contribution >= 4 is 23.1 Å². The highest BCUT2D eigenvalue weighted by Gasteiger charge is 2.16. The van der Waals surface area contributed by atoms with Gasteiger partial charge in [0.05, 0.1) is 11.2 Å². The normalized spacial score (nSPS) is 23.9. The van der Waals surface area contributed by atoms with E-state index in [1.165, 1.54) is 23.6 Å². The van der Waals surface area contributed by atoms with Crippen molar-refractivity contribution in [2.45, 2.75) is 19.4 Å². The van der Waals surface area contributed by atoms with Gasteiger partial charge in [-0.15, -0.1) is 11.3 Å². The Balaban J connectivity index is 1.74. The molecule has 1 saturated heterocycles. The summed E-state index contributed by atoms with van der Waals surface area (Å²) < 4.78 is 0. The van der Waals surface area contributed by atoms with Crippen LogP contribution in [-0.4, -0.2) is 23.0 Å². The lowest BCUT2D eigenvalue weighted by atomic mass is 10.1. The zero-order valence-electron chi connectivity index (χ0n) is 8.40. The Morgan fingerprint density at radius 1 is 1.71 bits per heavy atom. The van der Waals surface area contributed by atoms with Gasteiger partial charge in [-0.05, 0) is 37.3 Å². The first-order valence-electron chi connectivity index (χ1n) is 5.05. The molecule has 1 aliphatic rings. The van der Waals surface area contributed by atoms with Crippen molar-refractivity contribution in [3.63, 3.8) is 0 Å². The van der Waals surface area contributed by atoms with E-state index >= 15 is 0 Å². The highest BCUT2D eigenvalue weighted by atomic mass is 32.2. The second-order valence-electron chi connectivity index (χ2n) is 3.77. The van der Waals surface area contributed by atoms with E-state index in [1.807, 2.05) is 5.51 Å². The Morgan fingerprint density at radius 3 is 3.29 bits per heavy atom. The minimum absolute atomic E-state index is 0.409. The molecule has 2 unspecified atom stereocenters. The van der Waals surface area contributed by atoms with E-state index in [2.05, 4.69) is 34.4 Å². The fourth-order valence-corrected chi connectivity index (χ4v) is 3.56. The molecular formula is C10H16N2S2. The second kappa shape index (κ2) is 5.14. The minimum Gasteiger partial charge on any atom is -0.309 e. The third kappa shape index (κ3) is 2.72. The van der Waals surface area contributed by atoms with Gasteiger partial charge in [-0.3, -0.25) is 0 Å². The fraction of sp³-hybridized carbons (Fsp3) is 0.700. The Morgan fingerprint density at radius 2 is 2.64 bits per heavy atom. The quantitative estimate of drug-likeness (QED) is 0.857. The van der Waals surface area contributed by atoms with Crippen LogP contribution in [0.3, 0.4) is 0 Å². The molecule has 0 radical (unpaired) electrons. The monoisotopic (exact) mass is 228 g/mol. The Kier molecular flexibility index (Phi) is 3.84. The standard InChI is InChI=1S/C10H16N2S2/c1-8(10-6-14-7-12-10)11-4-9-2-3-13-5-9/h6-9,11H,2-5H2,1H3. The summed E-state index contributed by atoms with van der Waals surface area (Å²) in [5.74, 6) is 3.55. The van der Waals surface area contributed by atoms with E-state index in [4.69, 9.17) is 0 Å². The summed E-state index contributed by atoms with van der Waals surface area (Å²) in [5.41, 5.74) is 3.08. The van der Waals surface area contributed by atoms with Crippen LogP contribution in [0.1, 0.15) is 25.1 Å². The Hall–Kier alpha value is -0.0600. The fourth-order valence-electron chi connectivity index (χ4n) is 1.63. The summed E-state index contributed by atoms with van der Waals surface area (Å²) in [5, 5.41) is 5.68. The van der Waals surface area contributed by atoms with Crippen molar-refractivity contribution < 1.29 is 0 Å². The molecule has 0 aliphatic carbocycles. The van der Waals surface area contributed by atoms with Crippen LogP contribution in [0.25, 0.3) is 0 Å². The van der Waals surface area contributed by atoms with Crippen LogP contribution >= 0.6 is 23.1 Å². The predicted molar refractivity (Wildman–Crippen MR) is 64.0 cm³/mol. The molecule has 2 nitrogen and oxygen atoms in total. The molecule has 1 aromatic rings. The van der Waals surface area contributed by atoms with Gasteiger partial charge in [0.2, 0.25) is 0 Å². The van der Waals surface area contributed by atoms with Gasteiger partial charge in [-0.25, -0.2) is 4.98 Å². The molecule has 1 fully saturated rings. The SMILES string of the molecule is CC(NCC1CCSC1)c1cscn1. The molecule has 14 heavy (non-hydrogen) atoms. The van der Waals surface area contributed by atoms with E-state index in [0.717, 1.165) is 12.5 Å². The third-order valence-corrected chi connectivity index (χ3v) is 4.47. The molecule has 1 N–H and O–H groups in total. The van der Waals surface area contributed by atoms with E-state index in [-0.39, 0.29) is 0 Å². The van der Waals surface area contributed by atoms with Crippen LogP contribution in [0, 0.1) is 5.92 Å². The van der Waals surface area contributed by atoms with Gasteiger partial charge in [0.25, 0.3) is 0 Å². The molecule has 2 heterocycles. The maximum atomic E-state index is 4.31. The molecule has 0 spiro atoms. The summed E-state index contributed by atoms with van der Waals surface area (Å²) in [6.45, 7) is 3.34. The smallest absolute Gasteiger partial charge is 0.0795 e. The summed E-state index contributed by atoms with van der Waals surface area (Å²) in [6.07, 6.45) is 1.38. The van der Waals surface area contributed by atoms with Gasteiger partial charge in [-0.1, -0.05) is 0 Å². The van der Waals surface area contributed by atoms with Gasteiger partial charge < -0.3 is 5.32 Å². The molecule has 0 saturated carbocycles. The largest absolute Gasteiger partial charge is 0.309 e. The van der Waals surface area contributed by atoms with Gasteiger partial charge >= 0.3 is 0 Å². The minimum atomic E-state index is 0.409. The molecule has 1 aliphatic heterocycles. The van der Waals surface area contributed by atoms with Crippen molar-refractivity contribution in [3.05, 3.63) is 16.6 Å². The van der Waals surface area contributed by atoms with E-state index in [9.17, 15) is 0 Å². The molecule has 78 valence electrons. The number of rotatable bonds is 4. The van der Waals surface area contributed by atoms with Crippen molar-refractivity contribution in [2.75, 3.05) is 18.1 Å². The molecule has 0 bridgehead atoms. The number of hydrogen-bond acceptors (Lipinski definition) is 4. The van der Waals surface area contributed by atoms with Crippen molar-refractivity contribution in [1.82, 2.24) is 10.3 Å². The topological polar surface area (TPSA) is 24.9 Å². The molecule has 2 rings (SSSR count). The van der Waals surface area contributed by atoms with Gasteiger partial charge in [0.1, 0.15) is 0 Å². The van der Waals surface area contributed by atoms with Crippen LogP contribution in [0.2, 0.25) is 0 Å². The van der Waals surface area contributed by atoms with Crippen LogP contribution in [0.5, 0.6) is 0 Å². The van der Waals surface area contributed by atoms with E-state index in [1.54, 1.807) is 11.3 Å². The number of aromatic nitrogens is 1. The van der Waals surface area contributed by atoms with Crippen LogP contribution < -0.4 is 5.32 Å². The van der Waals surface area contributed by atoms with Gasteiger partial charge in [-0.2, -0.15) is 11.8 Å². The van der Waals surface area contributed by atoms with Crippen LogP contribution in [0.4, 0.5) is 0 Å². The maximum absolute atomic E-state index is 4.31. The van der Waals surface area contributed by atoms with Crippen molar-refractivity contribution in [2.24, 2.45) is 5.92 Å². The summed E-state index contributed by atoms with van der Waals surface area (Å²) in [6, 6.07) is 0.409. The maximum Gasteiger partial charge on any atom is 0.0795 e. The average molecular weight is 228 g/mol. The average Bonchev–Trinajstić information content (AvgIpc) is 2.87. The van der Waals surface area contributed by atoms with E-state index in [0.29, 0.717) is 6.04 Å². The highest BCUT2D eigenvalue weighted by molar-refractivity contribution is 7.99. The first-order valence-corrected chi connectivity index (χ1v) is 7.15. The van der Waals surface area contributed by atoms with Crippen LogP contribution in [0.15, 0.2) is 10.9 Å². The summed E-state index contributed by atoms with van der Waals surface area (Å²) in [4.78, 5) is 4.31. The molecular weight excluding hydrogens is 212 g/mol. The molecule has 4 heteroatoms. The Bertz CT molecular complexity index is 255.